The molecule has 1 aromatic rings. The lowest BCUT2D eigenvalue weighted by atomic mass is 10.2. The predicted molar refractivity (Wildman–Crippen MR) is 80.3 cm³/mol. The zero-order valence-electron chi connectivity index (χ0n) is 13.1. The van der Waals surface area contributed by atoms with Crippen molar-refractivity contribution in [2.45, 2.75) is 19.8 Å². The fraction of sp³-hybridized carbons (Fsp3) is 0.467. The second kappa shape index (κ2) is 9.04. The van der Waals surface area contributed by atoms with Gasteiger partial charge in [0.05, 0.1) is 25.0 Å². The van der Waals surface area contributed by atoms with Gasteiger partial charge in [-0.1, -0.05) is 13.3 Å². The van der Waals surface area contributed by atoms with E-state index in [4.69, 9.17) is 5.11 Å². The number of ether oxygens (including phenoxy) is 1. The Morgan fingerprint density at radius 1 is 1.26 bits per heavy atom. The number of amides is 2. The Labute approximate surface area is 133 Å². The van der Waals surface area contributed by atoms with Crippen LogP contribution in [0.2, 0.25) is 0 Å². The third-order valence-corrected chi connectivity index (χ3v) is 3.14. The maximum Gasteiger partial charge on any atom is 0.340 e. The fourth-order valence-electron chi connectivity index (χ4n) is 1.89. The lowest BCUT2D eigenvalue weighted by Crippen LogP contribution is -2.38. The molecule has 0 unspecified atom stereocenters. The van der Waals surface area contributed by atoms with Gasteiger partial charge < -0.3 is 20.1 Å². The highest BCUT2D eigenvalue weighted by Gasteiger charge is 2.19. The van der Waals surface area contributed by atoms with Gasteiger partial charge in [0.1, 0.15) is 11.6 Å². The summed E-state index contributed by atoms with van der Waals surface area (Å²) in [6.07, 6.45) is 1.55. The van der Waals surface area contributed by atoms with E-state index in [-0.39, 0.29) is 18.8 Å². The molecule has 0 radical (unpaired) electrons. The molecular weight excluding hydrogens is 310 g/mol. The van der Waals surface area contributed by atoms with Gasteiger partial charge in [-0.3, -0.25) is 0 Å². The van der Waals surface area contributed by atoms with Crippen LogP contribution >= 0.6 is 0 Å². The number of anilines is 1. The normalized spacial score (nSPS) is 10.3. The van der Waals surface area contributed by atoms with E-state index >= 15 is 0 Å². The minimum absolute atomic E-state index is 0.0819. The molecule has 2 amide bonds. The first-order chi connectivity index (χ1) is 10.9. The molecule has 0 saturated carbocycles. The largest absolute Gasteiger partial charge is 0.465 e. The first-order valence-corrected chi connectivity index (χ1v) is 7.18. The smallest absolute Gasteiger partial charge is 0.340 e. The fourth-order valence-corrected chi connectivity index (χ4v) is 1.89. The van der Waals surface area contributed by atoms with Crippen LogP contribution in [-0.4, -0.2) is 48.8 Å². The van der Waals surface area contributed by atoms with Crippen molar-refractivity contribution < 1.29 is 28.2 Å². The van der Waals surface area contributed by atoms with E-state index in [1.54, 1.807) is 0 Å². The average molecular weight is 330 g/mol. The molecule has 128 valence electrons. The summed E-state index contributed by atoms with van der Waals surface area (Å²) < 4.78 is 31.7. The molecule has 0 spiro atoms. The Morgan fingerprint density at radius 2 is 1.96 bits per heavy atom. The molecule has 0 aromatic heterocycles. The van der Waals surface area contributed by atoms with Crippen molar-refractivity contribution >= 4 is 17.7 Å². The van der Waals surface area contributed by atoms with Crippen LogP contribution in [0.25, 0.3) is 0 Å². The molecule has 0 saturated heterocycles. The van der Waals surface area contributed by atoms with Crippen LogP contribution in [0.15, 0.2) is 12.1 Å². The highest BCUT2D eigenvalue weighted by atomic mass is 19.1. The number of urea groups is 1. The summed E-state index contributed by atoms with van der Waals surface area (Å²) in [4.78, 5) is 24.9. The SMILES string of the molecule is CCCCN(CCO)C(=O)Nc1cc(C(=O)OC)c(F)cc1F. The number of aliphatic hydroxyl groups excluding tert-OH is 1. The summed E-state index contributed by atoms with van der Waals surface area (Å²) in [6.45, 7) is 2.17. The first kappa shape index (κ1) is 18.8. The molecular formula is C15H20F2N2O4. The molecule has 0 aliphatic rings. The maximum absolute atomic E-state index is 13.8. The lowest BCUT2D eigenvalue weighted by molar-refractivity contribution is 0.0595. The molecule has 0 aliphatic carbocycles. The van der Waals surface area contributed by atoms with Gasteiger partial charge in [-0.05, 0) is 12.5 Å². The summed E-state index contributed by atoms with van der Waals surface area (Å²) in [5.74, 6) is -3.07. The zero-order chi connectivity index (χ0) is 17.4. The molecule has 2 N–H and O–H groups in total. The van der Waals surface area contributed by atoms with Crippen LogP contribution < -0.4 is 5.32 Å². The number of carbonyl (C=O) groups excluding carboxylic acids is 2. The van der Waals surface area contributed by atoms with E-state index < -0.39 is 29.2 Å². The number of hydrogen-bond donors (Lipinski definition) is 2. The summed E-state index contributed by atoms with van der Waals surface area (Å²) >= 11 is 0. The Morgan fingerprint density at radius 3 is 2.52 bits per heavy atom. The van der Waals surface area contributed by atoms with Gasteiger partial charge in [0.15, 0.2) is 0 Å². The first-order valence-electron chi connectivity index (χ1n) is 7.18. The van der Waals surface area contributed by atoms with Gasteiger partial charge >= 0.3 is 12.0 Å². The molecule has 0 atom stereocenters. The molecule has 8 heteroatoms. The third-order valence-electron chi connectivity index (χ3n) is 3.14. The standard InChI is InChI=1S/C15H20F2N2O4/c1-3-4-5-19(6-7-20)15(22)18-13-8-10(14(21)23-2)11(16)9-12(13)17/h8-9,20H,3-7H2,1-2H3,(H,18,22). The maximum atomic E-state index is 13.8. The van der Waals surface area contributed by atoms with E-state index in [1.807, 2.05) is 6.92 Å². The van der Waals surface area contributed by atoms with Gasteiger partial charge in [0, 0.05) is 19.2 Å². The van der Waals surface area contributed by atoms with Crippen molar-refractivity contribution in [2.24, 2.45) is 0 Å². The Hall–Kier alpha value is -2.22. The number of nitrogens with zero attached hydrogens (tertiary/aromatic N) is 1. The molecule has 0 fully saturated rings. The zero-order valence-corrected chi connectivity index (χ0v) is 13.1. The Kier molecular flexibility index (Phi) is 7.40. The molecule has 0 aliphatic heterocycles. The number of nitrogens with one attached hydrogen (secondary N) is 1. The van der Waals surface area contributed by atoms with Crippen molar-refractivity contribution in [1.29, 1.82) is 0 Å². The van der Waals surface area contributed by atoms with Gasteiger partial charge in [-0.25, -0.2) is 18.4 Å². The Balaban J connectivity index is 2.97. The summed E-state index contributed by atoms with van der Waals surface area (Å²) in [5, 5.41) is 11.3. The molecule has 6 nitrogen and oxygen atoms in total. The Bertz CT molecular complexity index is 567. The molecule has 23 heavy (non-hydrogen) atoms. The van der Waals surface area contributed by atoms with E-state index in [0.717, 1.165) is 19.6 Å². The number of methoxy groups -OCH3 is 1. The monoisotopic (exact) mass is 330 g/mol. The number of hydrogen-bond acceptors (Lipinski definition) is 4. The number of aliphatic hydroxyl groups is 1. The second-order valence-corrected chi connectivity index (χ2v) is 4.80. The van der Waals surface area contributed by atoms with Crippen molar-refractivity contribution in [3.8, 4) is 0 Å². The highest BCUT2D eigenvalue weighted by Crippen LogP contribution is 2.20. The minimum Gasteiger partial charge on any atom is -0.465 e. The number of esters is 1. The van der Waals surface area contributed by atoms with Crippen LogP contribution in [0, 0.1) is 11.6 Å². The second-order valence-electron chi connectivity index (χ2n) is 4.80. The average Bonchev–Trinajstić information content (AvgIpc) is 2.53. The third kappa shape index (κ3) is 5.17. The van der Waals surface area contributed by atoms with Crippen LogP contribution in [0.4, 0.5) is 19.3 Å². The predicted octanol–water partition coefficient (Wildman–Crippen LogP) is 2.38. The number of carbonyl (C=O) groups is 2. The van der Waals surface area contributed by atoms with Crippen molar-refractivity contribution in [3.05, 3.63) is 29.3 Å². The van der Waals surface area contributed by atoms with Gasteiger partial charge in [-0.15, -0.1) is 0 Å². The number of rotatable bonds is 7. The van der Waals surface area contributed by atoms with Crippen molar-refractivity contribution in [1.82, 2.24) is 4.90 Å². The van der Waals surface area contributed by atoms with Crippen LogP contribution in [0.3, 0.4) is 0 Å². The van der Waals surface area contributed by atoms with Crippen LogP contribution in [-0.2, 0) is 4.74 Å². The quantitative estimate of drug-likeness (QED) is 0.752. The van der Waals surface area contributed by atoms with Crippen LogP contribution in [0.1, 0.15) is 30.1 Å². The number of unbranched alkanes of at least 4 members (excludes halogenated alkanes) is 1. The number of halogens is 2. The molecule has 0 heterocycles. The van der Waals surface area contributed by atoms with E-state index in [0.29, 0.717) is 19.0 Å². The summed E-state index contributed by atoms with van der Waals surface area (Å²) in [7, 11) is 1.07. The van der Waals surface area contributed by atoms with Gasteiger partial charge in [0.2, 0.25) is 0 Å². The van der Waals surface area contributed by atoms with Gasteiger partial charge in [0.25, 0.3) is 0 Å². The van der Waals surface area contributed by atoms with Crippen LogP contribution in [0.5, 0.6) is 0 Å². The molecule has 1 rings (SSSR count). The summed E-state index contributed by atoms with van der Waals surface area (Å²) in [6, 6.07) is 0.740. The molecule has 1 aromatic carbocycles. The van der Waals surface area contributed by atoms with E-state index in [9.17, 15) is 18.4 Å². The molecule has 0 bridgehead atoms. The number of benzene rings is 1. The van der Waals surface area contributed by atoms with Crippen molar-refractivity contribution in [2.75, 3.05) is 32.1 Å². The topological polar surface area (TPSA) is 78.9 Å². The van der Waals surface area contributed by atoms with Crippen molar-refractivity contribution in [3.63, 3.8) is 0 Å². The minimum atomic E-state index is -1.08. The highest BCUT2D eigenvalue weighted by molar-refractivity contribution is 5.94. The lowest BCUT2D eigenvalue weighted by Gasteiger charge is -2.22. The van der Waals surface area contributed by atoms with E-state index in [2.05, 4.69) is 10.1 Å². The van der Waals surface area contributed by atoms with E-state index in [1.165, 1.54) is 4.90 Å². The van der Waals surface area contributed by atoms with Gasteiger partial charge in [-0.2, -0.15) is 0 Å². The summed E-state index contributed by atoms with van der Waals surface area (Å²) in [5.41, 5.74) is -0.817.